The van der Waals surface area contributed by atoms with Crippen LogP contribution in [0.15, 0.2) is 60.7 Å². The number of hydrogen-bond donors (Lipinski definition) is 1. The molecule has 10 heteroatoms. The highest BCUT2D eigenvalue weighted by molar-refractivity contribution is 5.93. The smallest absolute Gasteiger partial charge is 0.363 e. The average molecular weight is 488 g/mol. The van der Waals surface area contributed by atoms with E-state index in [-0.39, 0.29) is 23.8 Å². The number of rotatable bonds is 4. The summed E-state index contributed by atoms with van der Waals surface area (Å²) in [4.78, 5) is 17.0. The van der Waals surface area contributed by atoms with Crippen LogP contribution in [0.4, 0.5) is 23.4 Å². The molecule has 35 heavy (non-hydrogen) atoms. The summed E-state index contributed by atoms with van der Waals surface area (Å²) in [5, 5.41) is 7.12. The molecule has 3 aromatic rings. The number of amides is 1. The second kappa shape index (κ2) is 9.33. The molecular weight excluding hydrogens is 462 g/mol. The van der Waals surface area contributed by atoms with Crippen LogP contribution in [0.5, 0.6) is 0 Å². The first-order chi connectivity index (χ1) is 16.8. The Labute approximate surface area is 200 Å². The zero-order valence-corrected chi connectivity index (χ0v) is 18.9. The topological polar surface area (TPSA) is 53.4 Å². The number of hydrogen-bond acceptors (Lipinski definition) is 4. The maximum absolute atomic E-state index is 13.9. The van der Waals surface area contributed by atoms with E-state index in [4.69, 9.17) is 0 Å². The highest BCUT2D eigenvalue weighted by atomic mass is 19.4. The van der Waals surface area contributed by atoms with E-state index in [1.807, 2.05) is 18.2 Å². The van der Waals surface area contributed by atoms with Gasteiger partial charge >= 0.3 is 6.18 Å². The molecule has 2 atom stereocenters. The summed E-state index contributed by atoms with van der Waals surface area (Å²) in [5.74, 6) is -0.718. The lowest BCUT2D eigenvalue weighted by molar-refractivity contribution is -0.173. The molecule has 1 saturated heterocycles. The van der Waals surface area contributed by atoms with Crippen LogP contribution in [0.3, 0.4) is 0 Å². The van der Waals surface area contributed by atoms with Crippen LogP contribution >= 0.6 is 0 Å². The zero-order valence-electron chi connectivity index (χ0n) is 18.9. The van der Waals surface area contributed by atoms with Crippen molar-refractivity contribution in [3.05, 3.63) is 83.3 Å². The minimum absolute atomic E-state index is 0.0157. The lowest BCUT2D eigenvalue weighted by Gasteiger charge is -2.34. The summed E-state index contributed by atoms with van der Waals surface area (Å²) >= 11 is 0. The van der Waals surface area contributed by atoms with E-state index in [1.165, 1.54) is 35.9 Å². The lowest BCUT2D eigenvalue weighted by atomic mass is 9.97. The van der Waals surface area contributed by atoms with E-state index in [0.29, 0.717) is 31.7 Å². The van der Waals surface area contributed by atoms with E-state index in [2.05, 4.69) is 27.4 Å². The largest absolute Gasteiger partial charge is 0.410 e. The van der Waals surface area contributed by atoms with Crippen LogP contribution in [0, 0.1) is 5.82 Å². The second-order valence-electron chi connectivity index (χ2n) is 8.95. The molecule has 0 unspecified atom stereocenters. The van der Waals surface area contributed by atoms with Gasteiger partial charge in [-0.1, -0.05) is 42.5 Å². The SMILES string of the molecule is O=C(c1cc2n(n1)[C@@H](C(F)(F)F)C[C@@H](c1ccc(F)cc1)N2)N1CCN(Cc2ccccc2)CC1. The van der Waals surface area contributed by atoms with E-state index in [1.54, 1.807) is 4.90 Å². The fourth-order valence-corrected chi connectivity index (χ4v) is 4.70. The van der Waals surface area contributed by atoms with Gasteiger partial charge < -0.3 is 10.2 Å². The lowest BCUT2D eigenvalue weighted by Crippen LogP contribution is -2.48. The number of piperazine rings is 1. The molecule has 3 heterocycles. The van der Waals surface area contributed by atoms with Crippen molar-refractivity contribution < 1.29 is 22.4 Å². The van der Waals surface area contributed by atoms with E-state index in [9.17, 15) is 22.4 Å². The van der Waals surface area contributed by atoms with Gasteiger partial charge in [0.1, 0.15) is 11.6 Å². The summed E-state index contributed by atoms with van der Waals surface area (Å²) in [5.41, 5.74) is 1.71. The molecule has 0 aliphatic carbocycles. The fraction of sp³-hybridized carbons (Fsp3) is 0.360. The molecule has 0 bridgehead atoms. The van der Waals surface area contributed by atoms with E-state index >= 15 is 0 Å². The Morgan fingerprint density at radius 3 is 2.34 bits per heavy atom. The van der Waals surface area contributed by atoms with Gasteiger partial charge in [0.05, 0.1) is 6.04 Å². The molecule has 2 aromatic carbocycles. The molecule has 6 nitrogen and oxygen atoms in total. The minimum Gasteiger partial charge on any atom is -0.363 e. The van der Waals surface area contributed by atoms with E-state index < -0.39 is 24.1 Å². The Morgan fingerprint density at radius 2 is 1.69 bits per heavy atom. The van der Waals surface area contributed by atoms with Gasteiger partial charge in [-0.2, -0.15) is 18.3 Å². The Hall–Kier alpha value is -3.40. The number of fused-ring (bicyclic) bond motifs is 1. The van der Waals surface area contributed by atoms with Gasteiger partial charge in [0, 0.05) is 45.2 Å². The Bertz CT molecular complexity index is 1170. The summed E-state index contributed by atoms with van der Waals surface area (Å²) in [7, 11) is 0. The van der Waals surface area contributed by atoms with Crippen LogP contribution in [0.1, 0.15) is 40.1 Å². The van der Waals surface area contributed by atoms with Crippen molar-refractivity contribution in [3.8, 4) is 0 Å². The minimum atomic E-state index is -4.55. The quantitative estimate of drug-likeness (QED) is 0.545. The fourth-order valence-electron chi connectivity index (χ4n) is 4.70. The molecule has 1 fully saturated rings. The molecule has 2 aliphatic heterocycles. The predicted molar refractivity (Wildman–Crippen MR) is 122 cm³/mol. The Morgan fingerprint density at radius 1 is 1.00 bits per heavy atom. The summed E-state index contributed by atoms with van der Waals surface area (Å²) in [6.07, 6.45) is -4.86. The number of halogens is 4. The van der Waals surface area contributed by atoms with Crippen LogP contribution in [-0.4, -0.2) is 57.8 Å². The van der Waals surface area contributed by atoms with Gasteiger partial charge in [0.2, 0.25) is 0 Å². The van der Waals surface area contributed by atoms with Crippen LogP contribution in [-0.2, 0) is 6.54 Å². The van der Waals surface area contributed by atoms with Crippen molar-refractivity contribution in [2.45, 2.75) is 31.2 Å². The third-order valence-corrected chi connectivity index (χ3v) is 6.59. The normalized spacial score (nSPS) is 20.9. The molecule has 0 radical (unpaired) electrons. The van der Waals surface area contributed by atoms with Crippen molar-refractivity contribution in [2.75, 3.05) is 31.5 Å². The molecule has 184 valence electrons. The van der Waals surface area contributed by atoms with Gasteiger partial charge in [-0.25, -0.2) is 9.07 Å². The highest BCUT2D eigenvalue weighted by Crippen LogP contribution is 2.43. The van der Waals surface area contributed by atoms with Crippen molar-refractivity contribution in [3.63, 3.8) is 0 Å². The van der Waals surface area contributed by atoms with Crippen LogP contribution in [0.25, 0.3) is 0 Å². The first-order valence-electron chi connectivity index (χ1n) is 11.5. The third kappa shape index (κ3) is 5.02. The van der Waals surface area contributed by atoms with Crippen molar-refractivity contribution in [2.24, 2.45) is 0 Å². The molecule has 1 aromatic heterocycles. The predicted octanol–water partition coefficient (Wildman–Crippen LogP) is 4.64. The maximum atomic E-state index is 13.9. The van der Waals surface area contributed by atoms with Gasteiger partial charge in [-0.3, -0.25) is 9.69 Å². The molecule has 0 saturated carbocycles. The molecule has 1 amide bonds. The standard InChI is InChI=1S/C25H25F4N5O/c26-19-8-6-18(7-9-19)20-14-22(25(27,28)29)34-23(30-20)15-21(31-34)24(35)33-12-10-32(11-13-33)16-17-4-2-1-3-5-17/h1-9,15,20,22,30H,10-14,16H2/t20-,22+/m0/s1. The van der Waals surface area contributed by atoms with Crippen molar-refractivity contribution in [1.29, 1.82) is 0 Å². The molecule has 0 spiro atoms. The van der Waals surface area contributed by atoms with Crippen LogP contribution in [0.2, 0.25) is 0 Å². The summed E-state index contributed by atoms with van der Waals surface area (Å²) in [6, 6.07) is 14.2. The average Bonchev–Trinajstić information content (AvgIpc) is 3.28. The first kappa shape index (κ1) is 23.3. The van der Waals surface area contributed by atoms with E-state index in [0.717, 1.165) is 11.2 Å². The zero-order chi connectivity index (χ0) is 24.6. The molecular formula is C25H25F4N5O. The van der Waals surface area contributed by atoms with Gasteiger partial charge in [-0.05, 0) is 23.3 Å². The van der Waals surface area contributed by atoms with Crippen molar-refractivity contribution in [1.82, 2.24) is 19.6 Å². The summed E-state index contributed by atoms with van der Waals surface area (Å²) < 4.78 is 55.9. The molecule has 1 N–H and O–H groups in total. The van der Waals surface area contributed by atoms with Gasteiger partial charge in [-0.15, -0.1) is 0 Å². The number of aromatic nitrogens is 2. The van der Waals surface area contributed by atoms with Gasteiger partial charge in [0.25, 0.3) is 5.91 Å². The number of benzene rings is 2. The van der Waals surface area contributed by atoms with Crippen LogP contribution < -0.4 is 5.32 Å². The second-order valence-corrected chi connectivity index (χ2v) is 8.95. The summed E-state index contributed by atoms with van der Waals surface area (Å²) in [6.45, 7) is 3.07. The number of carbonyl (C=O) groups excluding carboxylic acids is 1. The molecule has 5 rings (SSSR count). The molecule has 2 aliphatic rings. The van der Waals surface area contributed by atoms with Gasteiger partial charge in [0.15, 0.2) is 11.7 Å². The van der Waals surface area contributed by atoms with Crippen molar-refractivity contribution >= 4 is 11.7 Å². The monoisotopic (exact) mass is 487 g/mol. The number of anilines is 1. The number of nitrogens with one attached hydrogen (secondary N) is 1. The maximum Gasteiger partial charge on any atom is 0.410 e. The Balaban J connectivity index is 1.30. The third-order valence-electron chi connectivity index (χ3n) is 6.59. The number of alkyl halides is 3. The Kier molecular flexibility index (Phi) is 6.22. The number of nitrogens with zero attached hydrogens (tertiary/aromatic N) is 4. The first-order valence-corrected chi connectivity index (χ1v) is 11.5. The number of carbonyl (C=O) groups is 1. The highest BCUT2D eigenvalue weighted by Gasteiger charge is 2.47.